The van der Waals surface area contributed by atoms with Crippen LogP contribution in [0.5, 0.6) is 0 Å². The second-order valence-corrected chi connectivity index (χ2v) is 6.39. The first kappa shape index (κ1) is 17.8. The number of ether oxygens (including phenoxy) is 1. The van der Waals surface area contributed by atoms with Crippen molar-refractivity contribution in [3.63, 3.8) is 0 Å². The molecule has 6 nitrogen and oxygen atoms in total. The van der Waals surface area contributed by atoms with Gasteiger partial charge in [0.1, 0.15) is 23.8 Å². The van der Waals surface area contributed by atoms with E-state index in [9.17, 15) is 18.4 Å². The van der Waals surface area contributed by atoms with Crippen LogP contribution in [-0.2, 0) is 9.53 Å². The first-order valence-electron chi connectivity index (χ1n) is 8.48. The summed E-state index contributed by atoms with van der Waals surface area (Å²) in [5.41, 5.74) is 1.98. The Morgan fingerprint density at radius 2 is 1.86 bits per heavy atom. The third-order valence-electron chi connectivity index (χ3n) is 4.63. The summed E-state index contributed by atoms with van der Waals surface area (Å²) in [7, 11) is 1.30. The number of amides is 1. The SMILES string of the molecule is COC(=O)c1ccc([C@H]2CC(=O)Nc3c2ncn3-c2cc(F)cc(F)c2)cc1. The van der Waals surface area contributed by atoms with Gasteiger partial charge in [-0.1, -0.05) is 12.1 Å². The Labute approximate surface area is 158 Å². The van der Waals surface area contributed by atoms with Crippen molar-refractivity contribution < 1.29 is 23.1 Å². The van der Waals surface area contributed by atoms with Crippen LogP contribution in [0.2, 0.25) is 0 Å². The van der Waals surface area contributed by atoms with Gasteiger partial charge in [0.15, 0.2) is 0 Å². The first-order valence-corrected chi connectivity index (χ1v) is 8.48. The summed E-state index contributed by atoms with van der Waals surface area (Å²) >= 11 is 0. The van der Waals surface area contributed by atoms with Gasteiger partial charge < -0.3 is 10.1 Å². The number of nitrogens with zero attached hydrogens (tertiary/aromatic N) is 2. The Hall–Kier alpha value is -3.55. The van der Waals surface area contributed by atoms with E-state index in [-0.39, 0.29) is 23.9 Å². The smallest absolute Gasteiger partial charge is 0.337 e. The van der Waals surface area contributed by atoms with E-state index >= 15 is 0 Å². The molecule has 0 spiro atoms. The molecule has 3 aromatic rings. The van der Waals surface area contributed by atoms with Crippen molar-refractivity contribution in [3.05, 3.63) is 77.2 Å². The van der Waals surface area contributed by atoms with Crippen molar-refractivity contribution in [1.29, 1.82) is 0 Å². The fourth-order valence-corrected chi connectivity index (χ4v) is 3.33. The summed E-state index contributed by atoms with van der Waals surface area (Å²) in [6.45, 7) is 0. The number of halogens is 2. The third kappa shape index (κ3) is 3.13. The molecule has 1 aliphatic heterocycles. The number of anilines is 1. The van der Waals surface area contributed by atoms with Crippen LogP contribution in [0, 0.1) is 11.6 Å². The highest BCUT2D eigenvalue weighted by Gasteiger charge is 2.31. The van der Waals surface area contributed by atoms with E-state index in [0.717, 1.165) is 23.8 Å². The number of fused-ring (bicyclic) bond motifs is 1. The lowest BCUT2D eigenvalue weighted by Gasteiger charge is -2.23. The molecule has 1 atom stereocenters. The molecule has 0 saturated carbocycles. The second-order valence-electron chi connectivity index (χ2n) is 6.39. The molecule has 0 fully saturated rings. The minimum Gasteiger partial charge on any atom is -0.465 e. The van der Waals surface area contributed by atoms with Crippen molar-refractivity contribution in [2.24, 2.45) is 0 Å². The molecule has 1 aliphatic rings. The summed E-state index contributed by atoms with van der Waals surface area (Å²) in [4.78, 5) is 28.2. The quantitative estimate of drug-likeness (QED) is 0.704. The van der Waals surface area contributed by atoms with Crippen LogP contribution in [0.1, 0.15) is 34.0 Å². The number of rotatable bonds is 3. The number of benzene rings is 2. The molecule has 0 unspecified atom stereocenters. The molecule has 8 heteroatoms. The molecule has 142 valence electrons. The van der Waals surface area contributed by atoms with E-state index in [0.29, 0.717) is 17.1 Å². The zero-order valence-corrected chi connectivity index (χ0v) is 14.8. The zero-order valence-electron chi connectivity index (χ0n) is 14.8. The topological polar surface area (TPSA) is 73.2 Å². The van der Waals surface area contributed by atoms with Crippen LogP contribution in [0.25, 0.3) is 5.69 Å². The molecule has 2 aromatic carbocycles. The number of imidazole rings is 1. The number of nitrogens with one attached hydrogen (secondary N) is 1. The molecular weight excluding hydrogens is 368 g/mol. The van der Waals surface area contributed by atoms with E-state index in [2.05, 4.69) is 15.0 Å². The van der Waals surface area contributed by atoms with Gasteiger partial charge in [0.2, 0.25) is 5.91 Å². The lowest BCUT2D eigenvalue weighted by molar-refractivity contribution is -0.116. The summed E-state index contributed by atoms with van der Waals surface area (Å²) in [5.74, 6) is -2.14. The molecule has 4 rings (SSSR count). The molecule has 0 bridgehead atoms. The predicted octanol–water partition coefficient (Wildman–Crippen LogP) is 3.41. The van der Waals surface area contributed by atoms with Crippen molar-refractivity contribution in [1.82, 2.24) is 9.55 Å². The van der Waals surface area contributed by atoms with E-state index in [1.54, 1.807) is 24.3 Å². The van der Waals surface area contributed by atoms with Gasteiger partial charge in [-0.25, -0.2) is 18.6 Å². The monoisotopic (exact) mass is 383 g/mol. The minimum absolute atomic E-state index is 0.166. The summed E-state index contributed by atoms with van der Waals surface area (Å²) in [6, 6.07) is 9.80. The van der Waals surface area contributed by atoms with Gasteiger partial charge in [0.25, 0.3) is 0 Å². The van der Waals surface area contributed by atoms with E-state index < -0.39 is 17.6 Å². The average molecular weight is 383 g/mol. The Balaban J connectivity index is 1.75. The average Bonchev–Trinajstić information content (AvgIpc) is 3.10. The zero-order chi connectivity index (χ0) is 19.8. The highest BCUT2D eigenvalue weighted by molar-refractivity contribution is 5.94. The molecule has 2 heterocycles. The van der Waals surface area contributed by atoms with E-state index in [4.69, 9.17) is 0 Å². The van der Waals surface area contributed by atoms with Gasteiger partial charge in [0.05, 0.1) is 24.1 Å². The van der Waals surface area contributed by atoms with Crippen molar-refractivity contribution in [2.75, 3.05) is 12.4 Å². The van der Waals surface area contributed by atoms with Crippen LogP contribution in [0.3, 0.4) is 0 Å². The molecule has 1 amide bonds. The van der Waals surface area contributed by atoms with Gasteiger partial charge >= 0.3 is 5.97 Å². The fraction of sp³-hybridized carbons (Fsp3) is 0.150. The summed E-state index contributed by atoms with van der Waals surface area (Å²) in [6.07, 6.45) is 1.58. The van der Waals surface area contributed by atoms with Gasteiger partial charge in [-0.05, 0) is 29.8 Å². The van der Waals surface area contributed by atoms with Crippen LogP contribution < -0.4 is 5.32 Å². The number of carbonyl (C=O) groups excluding carboxylic acids is 2. The van der Waals surface area contributed by atoms with Crippen LogP contribution in [0.15, 0.2) is 48.8 Å². The molecular formula is C20H15F2N3O3. The molecule has 0 radical (unpaired) electrons. The number of esters is 1. The standard InChI is InChI=1S/C20H15F2N3O3/c1-28-20(27)12-4-2-11(3-5-12)16-9-17(26)24-19-18(16)23-10-25(19)15-7-13(21)6-14(22)8-15/h2-8,10,16H,9H2,1H3,(H,24,26)/t16-/m1/s1. The Kier molecular flexibility index (Phi) is 4.38. The predicted molar refractivity (Wildman–Crippen MR) is 96.4 cm³/mol. The molecule has 28 heavy (non-hydrogen) atoms. The Morgan fingerprint density at radius 3 is 2.50 bits per heavy atom. The minimum atomic E-state index is -0.727. The number of hydrogen-bond donors (Lipinski definition) is 1. The van der Waals surface area contributed by atoms with Gasteiger partial charge in [-0.15, -0.1) is 0 Å². The molecule has 0 aliphatic carbocycles. The largest absolute Gasteiger partial charge is 0.465 e. The van der Waals surface area contributed by atoms with E-state index in [1.807, 2.05) is 0 Å². The number of carbonyl (C=O) groups is 2. The van der Waals surface area contributed by atoms with Crippen LogP contribution in [0.4, 0.5) is 14.6 Å². The van der Waals surface area contributed by atoms with Crippen LogP contribution >= 0.6 is 0 Å². The highest BCUT2D eigenvalue weighted by atomic mass is 19.1. The van der Waals surface area contributed by atoms with Crippen molar-refractivity contribution in [2.45, 2.75) is 12.3 Å². The molecule has 1 N–H and O–H groups in total. The number of aromatic nitrogens is 2. The Bertz CT molecular complexity index is 1060. The maximum Gasteiger partial charge on any atom is 0.337 e. The van der Waals surface area contributed by atoms with Crippen LogP contribution in [-0.4, -0.2) is 28.5 Å². The van der Waals surface area contributed by atoms with Gasteiger partial charge in [0, 0.05) is 18.4 Å². The highest BCUT2D eigenvalue weighted by Crippen LogP contribution is 2.37. The van der Waals surface area contributed by atoms with Crippen molar-refractivity contribution in [3.8, 4) is 5.69 Å². The van der Waals surface area contributed by atoms with Gasteiger partial charge in [-0.3, -0.25) is 9.36 Å². The van der Waals surface area contributed by atoms with Crippen molar-refractivity contribution >= 4 is 17.7 Å². The lowest BCUT2D eigenvalue weighted by Crippen LogP contribution is -2.25. The number of methoxy groups -OCH3 is 1. The molecule has 1 aromatic heterocycles. The normalized spacial score (nSPS) is 15.7. The Morgan fingerprint density at radius 1 is 1.18 bits per heavy atom. The molecule has 0 saturated heterocycles. The summed E-state index contributed by atoms with van der Waals surface area (Å²) in [5, 5.41) is 2.73. The summed E-state index contributed by atoms with van der Waals surface area (Å²) < 4.78 is 33.3. The van der Waals surface area contributed by atoms with E-state index in [1.165, 1.54) is 18.0 Å². The fourth-order valence-electron chi connectivity index (χ4n) is 3.33. The lowest BCUT2D eigenvalue weighted by atomic mass is 9.89. The van der Waals surface area contributed by atoms with Gasteiger partial charge in [-0.2, -0.15) is 0 Å². The third-order valence-corrected chi connectivity index (χ3v) is 4.63. The second kappa shape index (κ2) is 6.88. The first-order chi connectivity index (χ1) is 13.5. The number of hydrogen-bond acceptors (Lipinski definition) is 4. The maximum absolute atomic E-state index is 13.6. The maximum atomic E-state index is 13.6.